The van der Waals surface area contributed by atoms with Crippen LogP contribution in [0.2, 0.25) is 5.02 Å². The maximum atomic E-state index is 11.9. The fraction of sp³-hybridized carbons (Fsp3) is 0.467. The third-order valence-corrected chi connectivity index (χ3v) is 3.05. The second-order valence-corrected chi connectivity index (χ2v) is 5.42. The van der Waals surface area contributed by atoms with Crippen molar-refractivity contribution >= 4 is 23.5 Å². The van der Waals surface area contributed by atoms with E-state index in [4.69, 9.17) is 11.6 Å². The lowest BCUT2D eigenvalue weighted by atomic mass is 10.2. The molecule has 0 aromatic heterocycles. The van der Waals surface area contributed by atoms with Crippen molar-refractivity contribution in [2.24, 2.45) is 10.9 Å². The van der Waals surface area contributed by atoms with E-state index >= 15 is 0 Å². The molecule has 0 saturated heterocycles. The van der Waals surface area contributed by atoms with Crippen molar-refractivity contribution in [2.45, 2.75) is 13.8 Å². The van der Waals surface area contributed by atoms with Gasteiger partial charge >= 0.3 is 0 Å². The van der Waals surface area contributed by atoms with E-state index in [2.05, 4.69) is 34.8 Å². The van der Waals surface area contributed by atoms with Crippen LogP contribution in [0.25, 0.3) is 0 Å². The average molecular weight is 311 g/mol. The lowest BCUT2D eigenvalue weighted by Gasteiger charge is -2.13. The predicted molar refractivity (Wildman–Crippen MR) is 88.0 cm³/mol. The fourth-order valence-corrected chi connectivity index (χ4v) is 1.84. The Labute approximate surface area is 131 Å². The van der Waals surface area contributed by atoms with Crippen LogP contribution in [-0.4, -0.2) is 38.5 Å². The molecule has 6 heteroatoms. The number of guanidine groups is 1. The molecule has 116 valence electrons. The van der Waals surface area contributed by atoms with Crippen molar-refractivity contribution in [1.29, 1.82) is 0 Å². The monoisotopic (exact) mass is 310 g/mol. The molecule has 0 aliphatic carbocycles. The molecule has 5 nitrogen and oxygen atoms in total. The van der Waals surface area contributed by atoms with Crippen LogP contribution in [-0.2, 0) is 0 Å². The number of nitrogens with one attached hydrogen (secondary N) is 3. The number of amides is 1. The largest absolute Gasteiger partial charge is 0.356 e. The molecular weight excluding hydrogens is 288 g/mol. The summed E-state index contributed by atoms with van der Waals surface area (Å²) in [5.74, 6) is 1.10. The first-order chi connectivity index (χ1) is 10.0. The van der Waals surface area contributed by atoms with Gasteiger partial charge in [-0.15, -0.1) is 0 Å². The SMILES string of the molecule is CN=C(NCCNC(=O)c1ccccc1Cl)NCC(C)C. The summed E-state index contributed by atoms with van der Waals surface area (Å²) in [6.45, 7) is 6.19. The summed E-state index contributed by atoms with van der Waals surface area (Å²) in [5.41, 5.74) is 0.487. The van der Waals surface area contributed by atoms with Crippen LogP contribution >= 0.6 is 11.6 Å². The molecule has 0 aliphatic heterocycles. The second kappa shape index (κ2) is 9.23. The minimum atomic E-state index is -0.174. The van der Waals surface area contributed by atoms with Crippen molar-refractivity contribution in [3.05, 3.63) is 34.9 Å². The molecule has 0 bridgehead atoms. The van der Waals surface area contributed by atoms with Gasteiger partial charge in [0.05, 0.1) is 10.6 Å². The van der Waals surface area contributed by atoms with Crippen LogP contribution < -0.4 is 16.0 Å². The zero-order valence-electron chi connectivity index (χ0n) is 12.7. The van der Waals surface area contributed by atoms with Gasteiger partial charge in [0.15, 0.2) is 5.96 Å². The molecule has 0 spiro atoms. The Balaban J connectivity index is 2.30. The van der Waals surface area contributed by atoms with Gasteiger partial charge in [-0.3, -0.25) is 9.79 Å². The van der Waals surface area contributed by atoms with Crippen LogP contribution in [0.1, 0.15) is 24.2 Å². The van der Waals surface area contributed by atoms with E-state index in [1.807, 2.05) is 0 Å². The molecule has 0 radical (unpaired) electrons. The highest BCUT2D eigenvalue weighted by Gasteiger charge is 2.08. The molecule has 0 unspecified atom stereocenters. The number of nitrogens with zero attached hydrogens (tertiary/aromatic N) is 1. The first-order valence-corrected chi connectivity index (χ1v) is 7.39. The average Bonchev–Trinajstić information content (AvgIpc) is 2.46. The highest BCUT2D eigenvalue weighted by molar-refractivity contribution is 6.33. The smallest absolute Gasteiger partial charge is 0.252 e. The van der Waals surface area contributed by atoms with Gasteiger partial charge in [0.2, 0.25) is 0 Å². The zero-order chi connectivity index (χ0) is 15.7. The highest BCUT2D eigenvalue weighted by Crippen LogP contribution is 2.14. The predicted octanol–water partition coefficient (Wildman–Crippen LogP) is 1.89. The summed E-state index contributed by atoms with van der Waals surface area (Å²) in [4.78, 5) is 16.0. The number of halogens is 1. The quantitative estimate of drug-likeness (QED) is 0.427. The van der Waals surface area contributed by atoms with Crippen LogP contribution in [0.15, 0.2) is 29.3 Å². The Bertz CT molecular complexity index is 488. The number of hydrogen-bond donors (Lipinski definition) is 3. The van der Waals surface area contributed by atoms with Crippen LogP contribution in [0.4, 0.5) is 0 Å². The van der Waals surface area contributed by atoms with Crippen LogP contribution in [0, 0.1) is 5.92 Å². The molecule has 0 fully saturated rings. The Hall–Kier alpha value is -1.75. The van der Waals surface area contributed by atoms with Gasteiger partial charge in [-0.25, -0.2) is 0 Å². The van der Waals surface area contributed by atoms with Gasteiger partial charge in [0, 0.05) is 26.7 Å². The first-order valence-electron chi connectivity index (χ1n) is 7.01. The molecule has 0 aliphatic rings. The summed E-state index contributed by atoms with van der Waals surface area (Å²) in [6, 6.07) is 6.99. The lowest BCUT2D eigenvalue weighted by molar-refractivity contribution is 0.0954. The second-order valence-electron chi connectivity index (χ2n) is 5.01. The Morgan fingerprint density at radius 2 is 1.86 bits per heavy atom. The lowest BCUT2D eigenvalue weighted by Crippen LogP contribution is -2.42. The Morgan fingerprint density at radius 1 is 1.19 bits per heavy atom. The van der Waals surface area contributed by atoms with E-state index < -0.39 is 0 Å². The summed E-state index contributed by atoms with van der Waals surface area (Å²) >= 11 is 5.97. The van der Waals surface area contributed by atoms with Gasteiger partial charge < -0.3 is 16.0 Å². The summed E-state index contributed by atoms with van der Waals surface area (Å²) in [5, 5.41) is 9.61. The van der Waals surface area contributed by atoms with Gasteiger partial charge in [0.25, 0.3) is 5.91 Å². The van der Waals surface area contributed by atoms with Crippen molar-refractivity contribution < 1.29 is 4.79 Å². The zero-order valence-corrected chi connectivity index (χ0v) is 13.5. The fourth-order valence-electron chi connectivity index (χ4n) is 1.62. The normalized spacial score (nSPS) is 11.4. The van der Waals surface area contributed by atoms with E-state index in [-0.39, 0.29) is 5.91 Å². The molecule has 0 saturated carbocycles. The summed E-state index contributed by atoms with van der Waals surface area (Å²) in [6.07, 6.45) is 0. The van der Waals surface area contributed by atoms with Gasteiger partial charge in [0.1, 0.15) is 0 Å². The number of carbonyl (C=O) groups is 1. The van der Waals surface area contributed by atoms with Crippen molar-refractivity contribution in [3.63, 3.8) is 0 Å². The minimum absolute atomic E-state index is 0.174. The molecule has 1 aromatic rings. The number of hydrogen-bond acceptors (Lipinski definition) is 2. The molecule has 0 atom stereocenters. The van der Waals surface area contributed by atoms with E-state index in [0.717, 1.165) is 12.5 Å². The minimum Gasteiger partial charge on any atom is -0.356 e. The third kappa shape index (κ3) is 6.49. The van der Waals surface area contributed by atoms with Gasteiger partial charge in [-0.1, -0.05) is 37.6 Å². The highest BCUT2D eigenvalue weighted by atomic mass is 35.5. The van der Waals surface area contributed by atoms with E-state index in [0.29, 0.717) is 29.6 Å². The molecular formula is C15H23ClN4O. The van der Waals surface area contributed by atoms with E-state index in [9.17, 15) is 4.79 Å². The molecule has 1 rings (SSSR count). The maximum Gasteiger partial charge on any atom is 0.252 e. The van der Waals surface area contributed by atoms with Gasteiger partial charge in [-0.2, -0.15) is 0 Å². The summed E-state index contributed by atoms with van der Waals surface area (Å²) < 4.78 is 0. The molecule has 0 heterocycles. The van der Waals surface area contributed by atoms with Gasteiger partial charge in [-0.05, 0) is 18.1 Å². The third-order valence-electron chi connectivity index (χ3n) is 2.72. The van der Waals surface area contributed by atoms with E-state index in [1.165, 1.54) is 0 Å². The van der Waals surface area contributed by atoms with E-state index in [1.54, 1.807) is 31.3 Å². The van der Waals surface area contributed by atoms with Crippen LogP contribution in [0.5, 0.6) is 0 Å². The van der Waals surface area contributed by atoms with Crippen LogP contribution in [0.3, 0.4) is 0 Å². The number of rotatable bonds is 6. The molecule has 1 aromatic carbocycles. The van der Waals surface area contributed by atoms with Crippen molar-refractivity contribution in [2.75, 3.05) is 26.7 Å². The molecule has 1 amide bonds. The number of aliphatic imine (C=N–C) groups is 1. The topological polar surface area (TPSA) is 65.5 Å². The molecule has 3 N–H and O–H groups in total. The Morgan fingerprint density at radius 3 is 2.48 bits per heavy atom. The maximum absolute atomic E-state index is 11.9. The first kappa shape index (κ1) is 17.3. The summed E-state index contributed by atoms with van der Waals surface area (Å²) in [7, 11) is 1.72. The van der Waals surface area contributed by atoms with Crippen molar-refractivity contribution in [1.82, 2.24) is 16.0 Å². The van der Waals surface area contributed by atoms with Crippen molar-refractivity contribution in [3.8, 4) is 0 Å². The Kier molecular flexibility index (Phi) is 7.61. The number of benzene rings is 1. The standard InChI is InChI=1S/C15H23ClN4O/c1-11(2)10-20-15(17-3)19-9-8-18-14(21)12-6-4-5-7-13(12)16/h4-7,11H,8-10H2,1-3H3,(H,18,21)(H2,17,19,20). The molecule has 21 heavy (non-hydrogen) atoms. The number of carbonyl (C=O) groups excluding carboxylic acids is 1.